The van der Waals surface area contributed by atoms with E-state index in [-0.39, 0.29) is 0 Å². The van der Waals surface area contributed by atoms with Crippen molar-refractivity contribution in [2.45, 2.75) is 51.6 Å². The molecule has 1 unspecified atom stereocenters. The van der Waals surface area contributed by atoms with Gasteiger partial charge in [-0.1, -0.05) is 18.2 Å². The average Bonchev–Trinajstić information content (AvgIpc) is 3.30. The van der Waals surface area contributed by atoms with Crippen LogP contribution in [0.15, 0.2) is 45.9 Å². The number of nitrogens with zero attached hydrogens (tertiary/aromatic N) is 3. The van der Waals surface area contributed by atoms with Crippen LogP contribution >= 0.6 is 0 Å². The number of para-hydroxylation sites is 1. The molecule has 6 nitrogen and oxygen atoms in total. The minimum atomic E-state index is 0.361. The zero-order valence-electron chi connectivity index (χ0n) is 16.9. The van der Waals surface area contributed by atoms with Gasteiger partial charge in [0.25, 0.3) is 0 Å². The van der Waals surface area contributed by atoms with Crippen molar-refractivity contribution < 1.29 is 4.42 Å². The number of guanidine groups is 1. The average molecular weight is 380 g/mol. The molecule has 1 atom stereocenters. The second kappa shape index (κ2) is 8.09. The molecular formula is C22H29N5O. The van der Waals surface area contributed by atoms with Gasteiger partial charge in [-0.25, -0.2) is 0 Å². The molecule has 0 radical (unpaired) electrons. The van der Waals surface area contributed by atoms with Crippen molar-refractivity contribution in [2.75, 3.05) is 13.6 Å². The van der Waals surface area contributed by atoms with Crippen molar-refractivity contribution in [3.63, 3.8) is 0 Å². The Morgan fingerprint density at radius 1 is 1.36 bits per heavy atom. The number of furan rings is 1. The van der Waals surface area contributed by atoms with E-state index in [0.29, 0.717) is 12.1 Å². The Bertz CT molecular complexity index is 935. The van der Waals surface area contributed by atoms with Gasteiger partial charge in [-0.2, -0.15) is 5.10 Å². The number of aliphatic imine (C=N–C) groups is 1. The topological polar surface area (TPSA) is 67.4 Å². The van der Waals surface area contributed by atoms with Crippen LogP contribution in [0, 0.1) is 0 Å². The van der Waals surface area contributed by atoms with Crippen LogP contribution in [0.3, 0.4) is 0 Å². The first-order chi connectivity index (χ1) is 13.6. The molecule has 4 rings (SSSR count). The number of aromatic nitrogens is 2. The van der Waals surface area contributed by atoms with Gasteiger partial charge >= 0.3 is 0 Å². The lowest BCUT2D eigenvalue weighted by Gasteiger charge is -2.24. The maximum Gasteiger partial charge on any atom is 0.191 e. The van der Waals surface area contributed by atoms with Gasteiger partial charge in [0.2, 0.25) is 0 Å². The molecule has 1 aliphatic carbocycles. The number of hydrogen-bond acceptors (Lipinski definition) is 3. The normalized spacial score (nSPS) is 17.1. The van der Waals surface area contributed by atoms with Gasteiger partial charge in [-0.05, 0) is 44.4 Å². The molecule has 2 N–H and O–H groups in total. The Morgan fingerprint density at radius 2 is 2.21 bits per heavy atom. The summed E-state index contributed by atoms with van der Waals surface area (Å²) < 4.78 is 7.96. The summed E-state index contributed by atoms with van der Waals surface area (Å²) in [6.45, 7) is 5.11. The molecule has 6 heteroatoms. The lowest BCUT2D eigenvalue weighted by Crippen LogP contribution is -2.46. The van der Waals surface area contributed by atoms with Crippen LogP contribution in [0.1, 0.15) is 43.3 Å². The monoisotopic (exact) mass is 379 g/mol. The Hall–Kier alpha value is -2.76. The van der Waals surface area contributed by atoms with Crippen LogP contribution in [-0.2, 0) is 19.3 Å². The summed E-state index contributed by atoms with van der Waals surface area (Å²) in [5.74, 6) is 1.83. The maximum atomic E-state index is 5.88. The number of rotatable bonds is 5. The highest BCUT2D eigenvalue weighted by Gasteiger charge is 2.23. The lowest BCUT2D eigenvalue weighted by atomic mass is 9.94. The standard InChI is InChI=1S/C22H29N5O/c1-15(2)27-14-17-8-9-18(13-20(17)26-27)25-22(23-3)24-11-10-19-12-16-6-4-5-7-21(16)28-19/h4-7,12,14-15,18H,8-11,13H2,1-3H3,(H2,23,24,25). The van der Waals surface area contributed by atoms with E-state index in [2.05, 4.69) is 52.5 Å². The number of nitrogens with one attached hydrogen (secondary N) is 2. The minimum Gasteiger partial charge on any atom is -0.461 e. The van der Waals surface area contributed by atoms with Crippen LogP contribution in [0.25, 0.3) is 11.0 Å². The summed E-state index contributed by atoms with van der Waals surface area (Å²) in [5, 5.41) is 12.9. The number of hydrogen-bond donors (Lipinski definition) is 2. The summed E-state index contributed by atoms with van der Waals surface area (Å²) in [5.41, 5.74) is 3.55. The first kappa shape index (κ1) is 18.6. The van der Waals surface area contributed by atoms with E-state index in [0.717, 1.165) is 54.9 Å². The molecule has 0 spiro atoms. The van der Waals surface area contributed by atoms with Gasteiger partial charge in [-0.3, -0.25) is 9.67 Å². The van der Waals surface area contributed by atoms with Crippen molar-refractivity contribution in [3.05, 3.63) is 53.5 Å². The fraction of sp³-hybridized carbons (Fsp3) is 0.455. The molecule has 28 heavy (non-hydrogen) atoms. The van der Waals surface area contributed by atoms with Crippen molar-refractivity contribution in [3.8, 4) is 0 Å². The lowest BCUT2D eigenvalue weighted by molar-refractivity contribution is 0.498. The van der Waals surface area contributed by atoms with Crippen LogP contribution in [-0.4, -0.2) is 35.4 Å². The van der Waals surface area contributed by atoms with Gasteiger partial charge < -0.3 is 15.1 Å². The molecule has 0 bridgehead atoms. The molecule has 0 amide bonds. The van der Waals surface area contributed by atoms with E-state index >= 15 is 0 Å². The molecule has 148 valence electrons. The minimum absolute atomic E-state index is 0.361. The maximum absolute atomic E-state index is 5.88. The fourth-order valence-electron chi connectivity index (χ4n) is 3.75. The number of benzene rings is 1. The largest absolute Gasteiger partial charge is 0.461 e. The number of fused-ring (bicyclic) bond motifs is 2. The Morgan fingerprint density at radius 3 is 3.00 bits per heavy atom. The van der Waals surface area contributed by atoms with Gasteiger partial charge in [0.05, 0.1) is 5.69 Å². The summed E-state index contributed by atoms with van der Waals surface area (Å²) in [6, 6.07) is 11.0. The molecule has 2 heterocycles. The zero-order chi connectivity index (χ0) is 19.5. The van der Waals surface area contributed by atoms with E-state index in [1.165, 1.54) is 11.3 Å². The Labute approximate surface area is 166 Å². The van der Waals surface area contributed by atoms with E-state index < -0.39 is 0 Å². The molecule has 0 saturated heterocycles. The third-order valence-electron chi connectivity index (χ3n) is 5.33. The van der Waals surface area contributed by atoms with E-state index in [1.54, 1.807) is 0 Å². The molecule has 1 aliphatic rings. The molecule has 3 aromatic rings. The molecule has 0 fully saturated rings. The first-order valence-electron chi connectivity index (χ1n) is 10.1. The van der Waals surface area contributed by atoms with E-state index in [1.807, 2.05) is 25.2 Å². The van der Waals surface area contributed by atoms with Gasteiger partial charge in [0.15, 0.2) is 5.96 Å². The predicted octanol–water partition coefficient (Wildman–Crippen LogP) is 3.48. The van der Waals surface area contributed by atoms with Crippen molar-refractivity contribution in [2.24, 2.45) is 4.99 Å². The fourth-order valence-corrected chi connectivity index (χ4v) is 3.75. The second-order valence-electron chi connectivity index (χ2n) is 7.76. The molecule has 0 aliphatic heterocycles. The predicted molar refractivity (Wildman–Crippen MR) is 113 cm³/mol. The molecule has 0 saturated carbocycles. The SMILES string of the molecule is CN=C(NCCc1cc2ccccc2o1)NC1CCc2cn(C(C)C)nc2C1. The van der Waals surface area contributed by atoms with Crippen molar-refractivity contribution >= 4 is 16.9 Å². The first-order valence-corrected chi connectivity index (χ1v) is 10.1. The summed E-state index contributed by atoms with van der Waals surface area (Å²) in [6.07, 6.45) is 6.13. The quantitative estimate of drug-likeness (QED) is 0.526. The third kappa shape index (κ3) is 4.06. The van der Waals surface area contributed by atoms with Crippen molar-refractivity contribution in [1.82, 2.24) is 20.4 Å². The Kier molecular flexibility index (Phi) is 5.37. The third-order valence-corrected chi connectivity index (χ3v) is 5.33. The zero-order valence-corrected chi connectivity index (χ0v) is 16.9. The van der Waals surface area contributed by atoms with Crippen LogP contribution in [0.2, 0.25) is 0 Å². The molecule has 1 aromatic carbocycles. The van der Waals surface area contributed by atoms with Crippen LogP contribution in [0.5, 0.6) is 0 Å². The van der Waals surface area contributed by atoms with Gasteiger partial charge in [0, 0.05) is 50.1 Å². The summed E-state index contributed by atoms with van der Waals surface area (Å²) >= 11 is 0. The highest BCUT2D eigenvalue weighted by atomic mass is 16.3. The van der Waals surface area contributed by atoms with Gasteiger partial charge in [0.1, 0.15) is 11.3 Å². The molecular weight excluding hydrogens is 350 g/mol. The highest BCUT2D eigenvalue weighted by molar-refractivity contribution is 5.80. The summed E-state index contributed by atoms with van der Waals surface area (Å²) in [7, 11) is 1.82. The number of aryl methyl sites for hydroxylation is 1. The molecule has 2 aromatic heterocycles. The van der Waals surface area contributed by atoms with Crippen LogP contribution in [0.4, 0.5) is 0 Å². The van der Waals surface area contributed by atoms with Gasteiger partial charge in [-0.15, -0.1) is 0 Å². The highest BCUT2D eigenvalue weighted by Crippen LogP contribution is 2.22. The van der Waals surface area contributed by atoms with Crippen LogP contribution < -0.4 is 10.6 Å². The van der Waals surface area contributed by atoms with E-state index in [9.17, 15) is 0 Å². The second-order valence-corrected chi connectivity index (χ2v) is 7.76. The summed E-state index contributed by atoms with van der Waals surface area (Å²) in [4.78, 5) is 4.38. The van der Waals surface area contributed by atoms with Crippen molar-refractivity contribution in [1.29, 1.82) is 0 Å². The smallest absolute Gasteiger partial charge is 0.191 e. The Balaban J connectivity index is 1.30. The van der Waals surface area contributed by atoms with E-state index in [4.69, 9.17) is 9.52 Å².